The van der Waals surface area contributed by atoms with Crippen molar-refractivity contribution in [1.29, 1.82) is 0 Å². The lowest BCUT2D eigenvalue weighted by Gasteiger charge is -2.36. The van der Waals surface area contributed by atoms with Crippen molar-refractivity contribution in [3.05, 3.63) is 35.5 Å². The highest BCUT2D eigenvalue weighted by Gasteiger charge is 2.38. The van der Waals surface area contributed by atoms with E-state index in [1.54, 1.807) is 0 Å². The van der Waals surface area contributed by atoms with Gasteiger partial charge in [0.2, 0.25) is 0 Å². The first-order valence-corrected chi connectivity index (χ1v) is 8.86. The molecule has 1 aliphatic carbocycles. The third kappa shape index (κ3) is 4.81. The second-order valence-electron chi connectivity index (χ2n) is 7.47. The van der Waals surface area contributed by atoms with Crippen molar-refractivity contribution in [2.24, 2.45) is 11.8 Å². The maximum Gasteiger partial charge on any atom is 0.334 e. The van der Waals surface area contributed by atoms with Gasteiger partial charge in [0.05, 0.1) is 12.2 Å². The van der Waals surface area contributed by atoms with Crippen LogP contribution in [0.2, 0.25) is 0 Å². The lowest BCUT2D eigenvalue weighted by Crippen LogP contribution is -2.40. The molecule has 1 fully saturated rings. The van der Waals surface area contributed by atoms with Crippen LogP contribution in [0.15, 0.2) is 35.5 Å². The molecule has 1 saturated heterocycles. The molecule has 0 aromatic carbocycles. The van der Waals surface area contributed by atoms with Gasteiger partial charge in [0.25, 0.3) is 0 Å². The number of rotatable bonds is 0. The lowest BCUT2D eigenvalue weighted by molar-refractivity contribution is -0.155. The fraction of sp³-hybridized carbons (Fsp3) is 0.650. The predicted octanol–water partition coefficient (Wildman–Crippen LogP) is 3.30. The fourth-order valence-electron chi connectivity index (χ4n) is 3.66. The van der Waals surface area contributed by atoms with Crippen LogP contribution in [-0.4, -0.2) is 34.5 Å². The van der Waals surface area contributed by atoms with Crippen LogP contribution >= 0.6 is 0 Å². The van der Waals surface area contributed by atoms with E-state index in [1.807, 2.05) is 26.8 Å². The van der Waals surface area contributed by atoms with Crippen LogP contribution in [0.25, 0.3) is 0 Å². The van der Waals surface area contributed by atoms with E-state index in [4.69, 9.17) is 4.74 Å². The minimum atomic E-state index is -0.624. The largest absolute Gasteiger partial charge is 0.459 e. The van der Waals surface area contributed by atoms with Crippen molar-refractivity contribution < 1.29 is 19.7 Å². The van der Waals surface area contributed by atoms with Gasteiger partial charge in [-0.3, -0.25) is 0 Å². The minimum Gasteiger partial charge on any atom is -0.459 e. The smallest absolute Gasteiger partial charge is 0.334 e. The van der Waals surface area contributed by atoms with Gasteiger partial charge in [0.15, 0.2) is 0 Å². The summed E-state index contributed by atoms with van der Waals surface area (Å²) < 4.78 is 5.50. The van der Waals surface area contributed by atoms with Crippen LogP contribution < -0.4 is 0 Å². The Balaban J connectivity index is 2.26. The van der Waals surface area contributed by atoms with Crippen molar-refractivity contribution in [2.75, 3.05) is 0 Å². The van der Waals surface area contributed by atoms with Gasteiger partial charge in [-0.05, 0) is 51.9 Å². The number of fused-ring (bicyclic) bond motifs is 2. The zero-order valence-corrected chi connectivity index (χ0v) is 15.0. The Morgan fingerprint density at radius 1 is 1.21 bits per heavy atom. The standard InChI is InChI=1S/C20H30O4/c1-12-6-5-7-13(2)9-18(22)17-11-19(24-20(23)15(17)4)14(3)10-16(21)8-12/h7-8,14,16-19,21-22H,4-6,9-11H2,1-3H3. The summed E-state index contributed by atoms with van der Waals surface area (Å²) in [6, 6.07) is 0. The topological polar surface area (TPSA) is 66.8 Å². The molecule has 134 valence electrons. The molecule has 24 heavy (non-hydrogen) atoms. The molecule has 1 aliphatic heterocycles. The van der Waals surface area contributed by atoms with Crippen LogP contribution in [0.3, 0.4) is 0 Å². The minimum absolute atomic E-state index is 0.0235. The van der Waals surface area contributed by atoms with E-state index in [9.17, 15) is 15.0 Å². The van der Waals surface area contributed by atoms with Crippen LogP contribution in [-0.2, 0) is 9.53 Å². The lowest BCUT2D eigenvalue weighted by atomic mass is 9.80. The summed E-state index contributed by atoms with van der Waals surface area (Å²) in [5, 5.41) is 20.9. The van der Waals surface area contributed by atoms with Crippen LogP contribution in [0.4, 0.5) is 0 Å². The average molecular weight is 334 g/mol. The summed E-state index contributed by atoms with van der Waals surface area (Å²) in [7, 11) is 0. The number of hydrogen-bond acceptors (Lipinski definition) is 4. The van der Waals surface area contributed by atoms with E-state index < -0.39 is 18.2 Å². The molecule has 4 nitrogen and oxygen atoms in total. The normalized spacial score (nSPS) is 36.3. The Morgan fingerprint density at radius 2 is 1.92 bits per heavy atom. The van der Waals surface area contributed by atoms with Gasteiger partial charge in [0.1, 0.15) is 6.10 Å². The zero-order valence-electron chi connectivity index (χ0n) is 15.0. The number of esters is 1. The van der Waals surface area contributed by atoms with Crippen molar-refractivity contribution in [3.8, 4) is 0 Å². The number of carbonyl (C=O) groups is 1. The number of allylic oxidation sites excluding steroid dienone is 2. The number of hydrogen-bond donors (Lipinski definition) is 2. The third-order valence-corrected chi connectivity index (χ3v) is 5.21. The highest BCUT2D eigenvalue weighted by Crippen LogP contribution is 2.34. The van der Waals surface area contributed by atoms with Gasteiger partial charge >= 0.3 is 5.97 Å². The fourth-order valence-corrected chi connectivity index (χ4v) is 3.66. The van der Waals surface area contributed by atoms with Gasteiger partial charge < -0.3 is 14.9 Å². The first-order chi connectivity index (χ1) is 11.3. The number of aliphatic hydroxyl groups excluding tert-OH is 2. The molecule has 0 radical (unpaired) electrons. The molecule has 5 unspecified atom stereocenters. The van der Waals surface area contributed by atoms with Gasteiger partial charge in [-0.15, -0.1) is 0 Å². The Morgan fingerprint density at radius 3 is 2.62 bits per heavy atom. The van der Waals surface area contributed by atoms with E-state index in [2.05, 4.69) is 12.7 Å². The van der Waals surface area contributed by atoms with E-state index in [-0.39, 0.29) is 17.9 Å². The third-order valence-electron chi connectivity index (χ3n) is 5.21. The number of carbonyl (C=O) groups excluding carboxylic acids is 1. The molecule has 0 saturated carbocycles. The Labute approximate surface area is 144 Å². The Kier molecular flexibility index (Phi) is 6.41. The Hall–Kier alpha value is -1.39. The SMILES string of the molecule is C=C1C(=O)OC2CC1C(O)CC(C)=CCCC(C)=CC(O)CC2C. The van der Waals surface area contributed by atoms with Crippen molar-refractivity contribution >= 4 is 5.97 Å². The maximum absolute atomic E-state index is 12.1. The maximum atomic E-state index is 12.1. The molecule has 0 amide bonds. The highest BCUT2D eigenvalue weighted by atomic mass is 16.5. The highest BCUT2D eigenvalue weighted by molar-refractivity contribution is 5.89. The number of ether oxygens (including phenoxy) is 1. The van der Waals surface area contributed by atoms with Gasteiger partial charge in [0, 0.05) is 11.5 Å². The summed E-state index contributed by atoms with van der Waals surface area (Å²) in [5.41, 5.74) is 2.63. The quantitative estimate of drug-likeness (QED) is 0.405. The van der Waals surface area contributed by atoms with E-state index in [0.717, 1.165) is 24.0 Å². The summed E-state index contributed by atoms with van der Waals surface area (Å²) in [6.07, 6.45) is 6.01. The van der Waals surface area contributed by atoms with Crippen LogP contribution in [0, 0.1) is 11.8 Å². The van der Waals surface area contributed by atoms with Gasteiger partial charge in [-0.2, -0.15) is 0 Å². The Bertz CT molecular complexity index is 546. The summed E-state index contributed by atoms with van der Waals surface area (Å²) in [6.45, 7) is 9.85. The molecule has 0 aromatic heterocycles. The summed E-state index contributed by atoms with van der Waals surface area (Å²) in [4.78, 5) is 12.1. The second-order valence-corrected chi connectivity index (χ2v) is 7.47. The molecule has 5 atom stereocenters. The van der Waals surface area contributed by atoms with Gasteiger partial charge in [-0.1, -0.05) is 36.8 Å². The first-order valence-electron chi connectivity index (χ1n) is 8.86. The van der Waals surface area contributed by atoms with Crippen molar-refractivity contribution in [1.82, 2.24) is 0 Å². The molecule has 2 aliphatic rings. The van der Waals surface area contributed by atoms with E-state index >= 15 is 0 Å². The molecule has 0 aromatic rings. The van der Waals surface area contributed by atoms with Crippen LogP contribution in [0.1, 0.15) is 52.9 Å². The van der Waals surface area contributed by atoms with Crippen LogP contribution in [0.5, 0.6) is 0 Å². The van der Waals surface area contributed by atoms with E-state index in [0.29, 0.717) is 24.8 Å². The molecular formula is C20H30O4. The summed E-state index contributed by atoms with van der Waals surface area (Å²) >= 11 is 0. The molecule has 1 heterocycles. The molecule has 4 heteroatoms. The molecule has 2 N–H and O–H groups in total. The zero-order chi connectivity index (χ0) is 17.9. The van der Waals surface area contributed by atoms with Gasteiger partial charge in [-0.25, -0.2) is 4.79 Å². The monoisotopic (exact) mass is 334 g/mol. The molecule has 0 spiro atoms. The second kappa shape index (κ2) is 8.13. The average Bonchev–Trinajstić information content (AvgIpc) is 2.48. The summed E-state index contributed by atoms with van der Waals surface area (Å²) in [5.74, 6) is -0.674. The predicted molar refractivity (Wildman–Crippen MR) is 94.3 cm³/mol. The van der Waals surface area contributed by atoms with Crippen molar-refractivity contribution in [2.45, 2.75) is 71.2 Å². The molecule has 2 rings (SSSR count). The molecule has 2 bridgehead atoms. The first kappa shape index (κ1) is 18.9. The van der Waals surface area contributed by atoms with Crippen molar-refractivity contribution in [3.63, 3.8) is 0 Å². The number of aliphatic hydroxyl groups is 2. The van der Waals surface area contributed by atoms with E-state index in [1.165, 1.54) is 0 Å². The molecular weight excluding hydrogens is 304 g/mol.